The van der Waals surface area contributed by atoms with Crippen LogP contribution in [0, 0.1) is 0 Å². The van der Waals surface area contributed by atoms with Crippen LogP contribution in [-0.2, 0) is 19.7 Å². The van der Waals surface area contributed by atoms with Gasteiger partial charge in [-0.25, -0.2) is 0 Å². The maximum absolute atomic E-state index is 13.4. The molecule has 1 aromatic heterocycles. The van der Waals surface area contributed by atoms with Crippen LogP contribution < -0.4 is 9.47 Å². The van der Waals surface area contributed by atoms with E-state index in [4.69, 9.17) is 9.47 Å². The monoisotopic (exact) mass is 533 g/mol. The number of ether oxygens (including phenoxy) is 2. The molecule has 0 saturated carbocycles. The molecule has 1 fully saturated rings. The first-order valence-electron chi connectivity index (χ1n) is 14.0. The predicted molar refractivity (Wildman–Crippen MR) is 160 cm³/mol. The van der Waals surface area contributed by atoms with E-state index >= 15 is 0 Å². The molecule has 40 heavy (non-hydrogen) atoms. The fraction of sp³-hybridized carbons (Fsp3) is 0.265. The van der Waals surface area contributed by atoms with E-state index in [1.165, 1.54) is 27.4 Å². The minimum Gasteiger partial charge on any atom is -0.493 e. The third-order valence-corrected chi connectivity index (χ3v) is 7.87. The number of aryl methyl sites for hydroxylation is 1. The number of rotatable bonds is 8. The summed E-state index contributed by atoms with van der Waals surface area (Å²) in [7, 11) is 1.62. The summed E-state index contributed by atoms with van der Waals surface area (Å²) in [4.78, 5) is 17.8. The number of para-hydroxylation sites is 1. The molecule has 0 unspecified atom stereocenters. The number of benzene rings is 4. The minimum absolute atomic E-state index is 0.0284. The molecule has 1 aliphatic rings. The van der Waals surface area contributed by atoms with Gasteiger partial charge in [-0.2, -0.15) is 0 Å². The Morgan fingerprint density at radius 3 is 2.27 bits per heavy atom. The lowest BCUT2D eigenvalue weighted by molar-refractivity contribution is 0.0628. The van der Waals surface area contributed by atoms with Crippen LogP contribution in [0.25, 0.3) is 21.8 Å². The molecule has 5 aromatic rings. The smallest absolute Gasteiger partial charge is 0.254 e. The highest BCUT2D eigenvalue weighted by Crippen LogP contribution is 2.31. The first kappa shape index (κ1) is 26.0. The van der Waals surface area contributed by atoms with Gasteiger partial charge in [-0.3, -0.25) is 9.69 Å². The van der Waals surface area contributed by atoms with Crippen LogP contribution in [-0.4, -0.2) is 53.6 Å². The number of hydrogen-bond donors (Lipinski definition) is 0. The molecule has 0 radical (unpaired) electrons. The summed E-state index contributed by atoms with van der Waals surface area (Å²) in [5, 5.41) is 2.62. The van der Waals surface area contributed by atoms with Crippen molar-refractivity contribution < 1.29 is 14.3 Å². The largest absolute Gasteiger partial charge is 0.493 e. The Labute approximate surface area is 235 Å². The minimum atomic E-state index is 0.0284. The average molecular weight is 534 g/mol. The second-order valence-electron chi connectivity index (χ2n) is 10.3. The molecule has 6 rings (SSSR count). The van der Waals surface area contributed by atoms with Crippen molar-refractivity contribution in [2.24, 2.45) is 0 Å². The number of aromatic nitrogens is 1. The summed E-state index contributed by atoms with van der Waals surface area (Å²) in [6, 6.07) is 30.9. The highest BCUT2D eigenvalue weighted by Gasteiger charge is 2.23. The quantitative estimate of drug-likeness (QED) is 0.233. The number of carbonyl (C=O) groups is 1. The lowest BCUT2D eigenvalue weighted by Gasteiger charge is -2.35. The van der Waals surface area contributed by atoms with Gasteiger partial charge in [0.15, 0.2) is 11.5 Å². The molecule has 204 valence electrons. The average Bonchev–Trinajstić information content (AvgIpc) is 3.33. The normalized spacial score (nSPS) is 14.1. The van der Waals surface area contributed by atoms with Gasteiger partial charge in [-0.1, -0.05) is 54.6 Å². The van der Waals surface area contributed by atoms with Gasteiger partial charge in [0, 0.05) is 66.6 Å². The molecule has 0 spiro atoms. The molecule has 6 heteroatoms. The Morgan fingerprint density at radius 1 is 0.750 bits per heavy atom. The van der Waals surface area contributed by atoms with Crippen LogP contribution in [0.2, 0.25) is 0 Å². The summed E-state index contributed by atoms with van der Waals surface area (Å²) < 4.78 is 13.9. The van der Waals surface area contributed by atoms with Crippen LogP contribution >= 0.6 is 0 Å². The summed E-state index contributed by atoms with van der Waals surface area (Å²) in [5.74, 6) is 1.23. The highest BCUT2D eigenvalue weighted by atomic mass is 16.5. The van der Waals surface area contributed by atoms with E-state index in [9.17, 15) is 4.79 Å². The van der Waals surface area contributed by atoms with Gasteiger partial charge in [0.2, 0.25) is 0 Å². The maximum atomic E-state index is 13.4. The molecule has 2 heterocycles. The Balaban J connectivity index is 1.11. The molecule has 1 saturated heterocycles. The SMILES string of the molecule is CCn1c2ccccc2c2cc(CN3CCN(C(=O)c4ccc(OC)c(OCc5ccccc5)c4)CC3)ccc21. The summed E-state index contributed by atoms with van der Waals surface area (Å²) in [6.07, 6.45) is 0. The molecule has 6 nitrogen and oxygen atoms in total. The molecular formula is C34H35N3O3. The standard InChI is InChI=1S/C34H35N3O3/c1-3-37-30-12-8-7-11-28(30)29-21-26(13-15-31(29)37)23-35-17-19-36(20-18-35)34(38)27-14-16-32(39-2)33(22-27)40-24-25-9-5-4-6-10-25/h4-16,21-22H,3,17-20,23-24H2,1-2H3. The molecular weight excluding hydrogens is 498 g/mol. The van der Waals surface area contributed by atoms with Crippen LogP contribution in [0.15, 0.2) is 91.0 Å². The van der Waals surface area contributed by atoms with Crippen LogP contribution in [0.4, 0.5) is 0 Å². The van der Waals surface area contributed by atoms with Crippen LogP contribution in [0.5, 0.6) is 11.5 Å². The lowest BCUT2D eigenvalue weighted by atomic mass is 10.1. The fourth-order valence-electron chi connectivity index (χ4n) is 5.75. The van der Waals surface area contributed by atoms with Gasteiger partial charge >= 0.3 is 0 Å². The second-order valence-corrected chi connectivity index (χ2v) is 10.3. The molecule has 0 N–H and O–H groups in total. The zero-order valence-corrected chi connectivity index (χ0v) is 23.2. The van der Waals surface area contributed by atoms with Crippen molar-refractivity contribution in [3.8, 4) is 11.5 Å². The van der Waals surface area contributed by atoms with Gasteiger partial charge in [0.05, 0.1) is 7.11 Å². The molecule has 0 atom stereocenters. The van der Waals surface area contributed by atoms with Gasteiger partial charge in [-0.15, -0.1) is 0 Å². The Hall–Kier alpha value is -4.29. The Morgan fingerprint density at radius 2 is 1.50 bits per heavy atom. The van der Waals surface area contributed by atoms with E-state index < -0.39 is 0 Å². The van der Waals surface area contributed by atoms with E-state index in [1.54, 1.807) is 13.2 Å². The van der Waals surface area contributed by atoms with Crippen LogP contribution in [0.3, 0.4) is 0 Å². The van der Waals surface area contributed by atoms with E-state index in [-0.39, 0.29) is 5.91 Å². The number of hydrogen-bond acceptors (Lipinski definition) is 4. The predicted octanol–water partition coefficient (Wildman–Crippen LogP) is 6.36. The number of nitrogens with zero attached hydrogens (tertiary/aromatic N) is 3. The topological polar surface area (TPSA) is 46.9 Å². The highest BCUT2D eigenvalue weighted by molar-refractivity contribution is 6.08. The zero-order valence-electron chi connectivity index (χ0n) is 23.2. The number of piperazine rings is 1. The third kappa shape index (κ3) is 5.15. The Bertz CT molecular complexity index is 1640. The van der Waals surface area contributed by atoms with E-state index in [1.807, 2.05) is 47.4 Å². The molecule has 4 aromatic carbocycles. The van der Waals surface area contributed by atoms with E-state index in [2.05, 4.69) is 58.9 Å². The van der Waals surface area contributed by atoms with Gasteiger partial charge < -0.3 is 18.9 Å². The zero-order chi connectivity index (χ0) is 27.5. The second kappa shape index (κ2) is 11.4. The first-order chi connectivity index (χ1) is 19.6. The van der Waals surface area contributed by atoms with Crippen LogP contribution in [0.1, 0.15) is 28.4 Å². The van der Waals surface area contributed by atoms with E-state index in [0.717, 1.165) is 31.7 Å². The van der Waals surface area contributed by atoms with E-state index in [0.29, 0.717) is 36.8 Å². The summed E-state index contributed by atoms with van der Waals surface area (Å²) in [6.45, 7) is 7.52. The van der Waals surface area contributed by atoms with Crippen molar-refractivity contribution in [3.63, 3.8) is 0 Å². The van der Waals surface area contributed by atoms with Crippen molar-refractivity contribution >= 4 is 27.7 Å². The summed E-state index contributed by atoms with van der Waals surface area (Å²) >= 11 is 0. The van der Waals surface area contributed by atoms with Crippen molar-refractivity contribution in [1.82, 2.24) is 14.4 Å². The molecule has 1 amide bonds. The molecule has 1 aliphatic heterocycles. The molecule has 0 bridgehead atoms. The van der Waals surface area contributed by atoms with Crippen molar-refractivity contribution in [3.05, 3.63) is 108 Å². The number of carbonyl (C=O) groups excluding carboxylic acids is 1. The van der Waals surface area contributed by atoms with Gasteiger partial charge in [0.1, 0.15) is 6.61 Å². The van der Waals surface area contributed by atoms with Crippen molar-refractivity contribution in [1.29, 1.82) is 0 Å². The van der Waals surface area contributed by atoms with Crippen molar-refractivity contribution in [2.45, 2.75) is 26.6 Å². The van der Waals surface area contributed by atoms with Crippen molar-refractivity contribution in [2.75, 3.05) is 33.3 Å². The first-order valence-corrected chi connectivity index (χ1v) is 14.0. The lowest BCUT2D eigenvalue weighted by Crippen LogP contribution is -2.48. The van der Waals surface area contributed by atoms with Gasteiger partial charge in [0.25, 0.3) is 5.91 Å². The summed E-state index contributed by atoms with van der Waals surface area (Å²) in [5.41, 5.74) is 5.57. The number of amides is 1. The molecule has 0 aliphatic carbocycles. The Kier molecular flexibility index (Phi) is 7.43. The maximum Gasteiger partial charge on any atom is 0.254 e. The third-order valence-electron chi connectivity index (χ3n) is 7.87. The fourth-order valence-corrected chi connectivity index (χ4v) is 5.75. The number of fused-ring (bicyclic) bond motifs is 3. The number of methoxy groups -OCH3 is 1. The van der Waals surface area contributed by atoms with Gasteiger partial charge in [-0.05, 0) is 54.4 Å².